The fourth-order valence-electron chi connectivity index (χ4n) is 1.56. The van der Waals surface area contributed by atoms with E-state index in [9.17, 15) is 13.2 Å². The van der Waals surface area contributed by atoms with Crippen LogP contribution in [-0.4, -0.2) is 25.5 Å². The van der Waals surface area contributed by atoms with Crippen LogP contribution in [0.15, 0.2) is 29.7 Å². The van der Waals surface area contributed by atoms with Gasteiger partial charge in [0.25, 0.3) is 0 Å². The zero-order chi connectivity index (χ0) is 15.5. The van der Waals surface area contributed by atoms with Crippen molar-refractivity contribution >= 4 is 39.2 Å². The topological polar surface area (TPSA) is 83.5 Å². The molecule has 0 aliphatic carbocycles. The van der Waals surface area contributed by atoms with Crippen LogP contribution in [0.3, 0.4) is 0 Å². The van der Waals surface area contributed by atoms with Gasteiger partial charge < -0.3 is 5.11 Å². The van der Waals surface area contributed by atoms with Crippen LogP contribution in [0.1, 0.15) is 23.7 Å². The van der Waals surface area contributed by atoms with Gasteiger partial charge in [-0.05, 0) is 25.5 Å². The Morgan fingerprint density at radius 2 is 2.10 bits per heavy atom. The smallest absolute Gasteiger partial charge is 0.338 e. The van der Waals surface area contributed by atoms with E-state index in [1.165, 1.54) is 12.1 Å². The fraction of sp³-hybridized carbons (Fsp3) is 0.250. The second kappa shape index (κ2) is 6.58. The highest BCUT2D eigenvalue weighted by molar-refractivity contribution is 7.89. The summed E-state index contributed by atoms with van der Waals surface area (Å²) in [5.74, 6) is -1.39. The van der Waals surface area contributed by atoms with Gasteiger partial charge in [0.2, 0.25) is 10.0 Å². The molecule has 0 bridgehead atoms. The van der Waals surface area contributed by atoms with Crippen molar-refractivity contribution in [3.63, 3.8) is 0 Å². The van der Waals surface area contributed by atoms with E-state index in [4.69, 9.17) is 28.3 Å². The monoisotopic (exact) mass is 337 g/mol. The lowest BCUT2D eigenvalue weighted by Gasteiger charge is -2.14. The highest BCUT2D eigenvalue weighted by atomic mass is 35.5. The third-order valence-corrected chi connectivity index (χ3v) is 4.89. The number of benzene rings is 1. The van der Waals surface area contributed by atoms with Crippen molar-refractivity contribution in [2.45, 2.75) is 24.3 Å². The van der Waals surface area contributed by atoms with E-state index in [0.717, 1.165) is 0 Å². The second-order valence-corrected chi connectivity index (χ2v) is 6.55. The van der Waals surface area contributed by atoms with Crippen LogP contribution in [0.4, 0.5) is 0 Å². The molecule has 8 heteroatoms. The summed E-state index contributed by atoms with van der Waals surface area (Å²) >= 11 is 11.6. The highest BCUT2D eigenvalue weighted by Gasteiger charge is 2.25. The number of carboxylic acids is 1. The van der Waals surface area contributed by atoms with Crippen LogP contribution in [0.5, 0.6) is 0 Å². The minimum Gasteiger partial charge on any atom is -0.478 e. The molecule has 0 aliphatic heterocycles. The first-order chi connectivity index (χ1) is 9.20. The average Bonchev–Trinajstić information content (AvgIpc) is 2.27. The molecule has 0 aliphatic rings. The predicted molar refractivity (Wildman–Crippen MR) is 78.0 cm³/mol. The van der Waals surface area contributed by atoms with Gasteiger partial charge in [-0.1, -0.05) is 29.3 Å². The molecule has 1 aromatic rings. The zero-order valence-corrected chi connectivity index (χ0v) is 12.9. The molecule has 5 nitrogen and oxygen atoms in total. The molecule has 2 N–H and O–H groups in total. The number of rotatable bonds is 6. The van der Waals surface area contributed by atoms with Crippen molar-refractivity contribution in [1.29, 1.82) is 0 Å². The van der Waals surface area contributed by atoms with Gasteiger partial charge in [-0.2, -0.15) is 0 Å². The van der Waals surface area contributed by atoms with Gasteiger partial charge in [-0.3, -0.25) is 0 Å². The van der Waals surface area contributed by atoms with E-state index in [1.807, 2.05) is 0 Å². The number of halogens is 2. The first-order valence-electron chi connectivity index (χ1n) is 5.55. The van der Waals surface area contributed by atoms with Crippen LogP contribution >= 0.6 is 23.2 Å². The van der Waals surface area contributed by atoms with Gasteiger partial charge >= 0.3 is 5.97 Å². The lowest BCUT2D eigenvalue weighted by atomic mass is 10.2. The van der Waals surface area contributed by atoms with Gasteiger partial charge in [-0.25, -0.2) is 17.9 Å². The van der Waals surface area contributed by atoms with Crippen LogP contribution in [0.25, 0.3) is 0 Å². The molecule has 0 heterocycles. The first-order valence-corrected chi connectivity index (χ1v) is 7.79. The van der Waals surface area contributed by atoms with Crippen molar-refractivity contribution in [2.24, 2.45) is 0 Å². The largest absolute Gasteiger partial charge is 0.478 e. The average molecular weight is 338 g/mol. The van der Waals surface area contributed by atoms with E-state index in [0.29, 0.717) is 6.42 Å². The summed E-state index contributed by atoms with van der Waals surface area (Å²) in [5.41, 5.74) is -0.437. The third kappa shape index (κ3) is 3.73. The Hall–Kier alpha value is -1.08. The Kier molecular flexibility index (Phi) is 5.59. The summed E-state index contributed by atoms with van der Waals surface area (Å²) in [6.07, 6.45) is 2.00. The van der Waals surface area contributed by atoms with Crippen molar-refractivity contribution in [3.8, 4) is 0 Å². The Morgan fingerprint density at radius 3 is 2.60 bits per heavy atom. The van der Waals surface area contributed by atoms with E-state index < -0.39 is 32.6 Å². The number of carboxylic acid groups (broad SMARTS) is 1. The normalized spacial score (nSPS) is 12.9. The molecule has 1 atom stereocenters. The molecule has 0 saturated heterocycles. The van der Waals surface area contributed by atoms with Crippen molar-refractivity contribution in [3.05, 3.63) is 40.4 Å². The van der Waals surface area contributed by atoms with Gasteiger partial charge in [0.05, 0.1) is 15.6 Å². The van der Waals surface area contributed by atoms with Gasteiger partial charge in [0, 0.05) is 6.04 Å². The van der Waals surface area contributed by atoms with Crippen LogP contribution in [0.2, 0.25) is 10.0 Å². The summed E-state index contributed by atoms with van der Waals surface area (Å²) < 4.78 is 26.7. The lowest BCUT2D eigenvalue weighted by Crippen LogP contribution is -2.32. The van der Waals surface area contributed by atoms with Crippen molar-refractivity contribution in [1.82, 2.24) is 4.72 Å². The molecule has 0 saturated carbocycles. The highest BCUT2D eigenvalue weighted by Crippen LogP contribution is 2.31. The Morgan fingerprint density at radius 1 is 1.50 bits per heavy atom. The summed E-state index contributed by atoms with van der Waals surface area (Å²) in [5, 5.41) is 8.47. The lowest BCUT2D eigenvalue weighted by molar-refractivity contribution is 0.0697. The number of hydrogen-bond donors (Lipinski definition) is 2. The van der Waals surface area contributed by atoms with Crippen molar-refractivity contribution in [2.75, 3.05) is 0 Å². The number of hydrogen-bond acceptors (Lipinski definition) is 3. The Labute approximate surface area is 127 Å². The predicted octanol–water partition coefficient (Wildman–Crippen LogP) is 2.93. The van der Waals surface area contributed by atoms with Gasteiger partial charge in [0.1, 0.15) is 4.90 Å². The van der Waals surface area contributed by atoms with Crippen LogP contribution in [0, 0.1) is 0 Å². The van der Waals surface area contributed by atoms with Crippen molar-refractivity contribution < 1.29 is 18.3 Å². The minimum absolute atomic E-state index is 0.124. The molecule has 1 unspecified atom stereocenters. The maximum atomic E-state index is 12.2. The number of carbonyl (C=O) groups is 1. The van der Waals surface area contributed by atoms with E-state index >= 15 is 0 Å². The fourth-order valence-corrected chi connectivity index (χ4v) is 3.74. The number of aromatic carboxylic acids is 1. The Bertz CT molecular complexity index is 643. The molecular formula is C12H13Cl2NO4S. The van der Waals surface area contributed by atoms with Gasteiger partial charge in [-0.15, -0.1) is 6.58 Å². The molecule has 1 aromatic carbocycles. The third-order valence-electron chi connectivity index (χ3n) is 2.44. The maximum absolute atomic E-state index is 12.2. The Balaban J connectivity index is 3.30. The van der Waals surface area contributed by atoms with E-state index in [1.54, 1.807) is 13.0 Å². The summed E-state index contributed by atoms with van der Waals surface area (Å²) in [4.78, 5) is 10.7. The molecule has 0 fully saturated rings. The molecule has 110 valence electrons. The van der Waals surface area contributed by atoms with E-state index in [2.05, 4.69) is 11.3 Å². The molecule has 20 heavy (non-hydrogen) atoms. The molecule has 0 amide bonds. The SMILES string of the molecule is C=CCC(C)NS(=O)(=O)c1ccc(Cl)c(C(=O)O)c1Cl. The molecule has 1 rings (SSSR count). The second-order valence-electron chi connectivity index (χ2n) is 4.09. The number of nitrogens with one attached hydrogen (secondary N) is 1. The molecular weight excluding hydrogens is 325 g/mol. The standard InChI is InChI=1S/C12H13Cl2NO4S/c1-3-4-7(2)15-20(18,19)9-6-5-8(13)10(11(9)14)12(16)17/h3,5-7,15H,1,4H2,2H3,(H,16,17). The van der Waals surface area contributed by atoms with Crippen LogP contribution < -0.4 is 4.72 Å². The summed E-state index contributed by atoms with van der Waals surface area (Å²) in [6, 6.07) is 1.96. The molecule has 0 aromatic heterocycles. The van der Waals surface area contributed by atoms with Gasteiger partial charge in [0.15, 0.2) is 0 Å². The summed E-state index contributed by atoms with van der Waals surface area (Å²) in [7, 11) is -3.94. The number of sulfonamides is 1. The van der Waals surface area contributed by atoms with Crippen LogP contribution in [-0.2, 0) is 10.0 Å². The first kappa shape index (κ1) is 17.0. The zero-order valence-electron chi connectivity index (χ0n) is 10.6. The van der Waals surface area contributed by atoms with E-state index in [-0.39, 0.29) is 9.92 Å². The molecule has 0 radical (unpaired) electrons. The summed E-state index contributed by atoms with van der Waals surface area (Å²) in [6.45, 7) is 5.17. The minimum atomic E-state index is -3.94. The maximum Gasteiger partial charge on any atom is 0.338 e. The molecule has 0 spiro atoms. The quantitative estimate of drug-likeness (QED) is 0.781.